The highest BCUT2D eigenvalue weighted by molar-refractivity contribution is 7.80. The molecule has 2 unspecified atom stereocenters. The normalized spacial score (nSPS) is 16.8. The van der Waals surface area contributed by atoms with Crippen molar-refractivity contribution in [3.05, 3.63) is 96.6 Å². The highest BCUT2D eigenvalue weighted by Gasteiger charge is 2.42. The van der Waals surface area contributed by atoms with E-state index in [0.29, 0.717) is 23.2 Å². The molecule has 8 nitrogen and oxygen atoms in total. The molecule has 4 aromatic rings. The van der Waals surface area contributed by atoms with Gasteiger partial charge < -0.3 is 29.6 Å². The zero-order valence-corrected chi connectivity index (χ0v) is 24.7. The van der Waals surface area contributed by atoms with E-state index in [1.54, 1.807) is 13.3 Å². The number of carbonyl (C=O) groups excluding carboxylic acids is 1. The molecule has 1 fully saturated rings. The highest BCUT2D eigenvalue weighted by atomic mass is 32.1. The summed E-state index contributed by atoms with van der Waals surface area (Å²) in [6.07, 6.45) is 3.84. The maximum absolute atomic E-state index is 12.7. The van der Waals surface area contributed by atoms with Gasteiger partial charge in [0.1, 0.15) is 17.5 Å². The van der Waals surface area contributed by atoms with Gasteiger partial charge in [0.25, 0.3) is 0 Å². The van der Waals surface area contributed by atoms with E-state index in [9.17, 15) is 4.79 Å². The fourth-order valence-corrected chi connectivity index (χ4v) is 5.26. The first-order valence-corrected chi connectivity index (χ1v) is 14.0. The number of rotatable bonds is 8. The average molecular weight is 570 g/mol. The number of benzene rings is 2. The van der Waals surface area contributed by atoms with Crippen molar-refractivity contribution in [2.75, 3.05) is 23.9 Å². The topological polar surface area (TPSA) is 80.7 Å². The van der Waals surface area contributed by atoms with Crippen LogP contribution in [0.5, 0.6) is 11.5 Å². The van der Waals surface area contributed by atoms with Crippen LogP contribution in [-0.2, 0) is 4.79 Å². The quantitative estimate of drug-likeness (QED) is 0.236. The van der Waals surface area contributed by atoms with E-state index in [1.165, 1.54) is 0 Å². The summed E-state index contributed by atoms with van der Waals surface area (Å²) in [5, 5.41) is 7.08. The van der Waals surface area contributed by atoms with Crippen LogP contribution in [0.4, 0.5) is 11.4 Å². The third-order valence-corrected chi connectivity index (χ3v) is 7.31. The SMILES string of the molecule is CCOc1ccc(-n2cccc2C2C(c3ccccn3)NC(=S)N2c2ccc(NC(=O)C(C)(C)C)c(OC)c2)cc1. The average Bonchev–Trinajstić information content (AvgIpc) is 3.58. The van der Waals surface area contributed by atoms with Gasteiger partial charge in [-0.2, -0.15) is 0 Å². The Kier molecular flexibility index (Phi) is 7.99. The Morgan fingerprint density at radius 3 is 2.46 bits per heavy atom. The molecule has 0 bridgehead atoms. The first-order valence-electron chi connectivity index (χ1n) is 13.6. The van der Waals surface area contributed by atoms with Crippen molar-refractivity contribution in [1.82, 2.24) is 14.9 Å². The minimum absolute atomic E-state index is 0.0943. The number of hydrogen-bond donors (Lipinski definition) is 2. The summed E-state index contributed by atoms with van der Waals surface area (Å²) in [7, 11) is 1.59. The molecule has 1 saturated heterocycles. The zero-order chi connectivity index (χ0) is 29.1. The monoisotopic (exact) mass is 569 g/mol. The Labute approximate surface area is 246 Å². The molecule has 1 aliphatic heterocycles. The van der Waals surface area contributed by atoms with Crippen LogP contribution in [0.1, 0.15) is 51.2 Å². The molecule has 5 rings (SSSR count). The summed E-state index contributed by atoms with van der Waals surface area (Å²) in [4.78, 5) is 19.5. The number of anilines is 2. The predicted molar refractivity (Wildman–Crippen MR) is 166 cm³/mol. The van der Waals surface area contributed by atoms with Crippen LogP contribution in [0.2, 0.25) is 0 Å². The molecule has 2 aromatic carbocycles. The van der Waals surface area contributed by atoms with Crippen LogP contribution in [0.15, 0.2) is 85.2 Å². The van der Waals surface area contributed by atoms with Crippen molar-refractivity contribution in [2.24, 2.45) is 5.41 Å². The van der Waals surface area contributed by atoms with Gasteiger partial charge in [-0.1, -0.05) is 26.8 Å². The second kappa shape index (κ2) is 11.6. The van der Waals surface area contributed by atoms with Gasteiger partial charge in [0, 0.05) is 40.9 Å². The lowest BCUT2D eigenvalue weighted by Gasteiger charge is -2.29. The molecule has 2 aromatic heterocycles. The second-order valence-corrected chi connectivity index (χ2v) is 11.2. The van der Waals surface area contributed by atoms with E-state index in [4.69, 9.17) is 21.7 Å². The molecule has 2 atom stereocenters. The van der Waals surface area contributed by atoms with Crippen LogP contribution in [0.3, 0.4) is 0 Å². The van der Waals surface area contributed by atoms with E-state index in [0.717, 1.165) is 28.5 Å². The number of nitrogens with zero attached hydrogens (tertiary/aromatic N) is 3. The van der Waals surface area contributed by atoms with Crippen LogP contribution in [0.25, 0.3) is 5.69 Å². The molecular weight excluding hydrogens is 534 g/mol. The van der Waals surface area contributed by atoms with Gasteiger partial charge in [-0.05, 0) is 79.8 Å². The van der Waals surface area contributed by atoms with Crippen molar-refractivity contribution >= 4 is 34.6 Å². The maximum Gasteiger partial charge on any atom is 0.229 e. The van der Waals surface area contributed by atoms with Gasteiger partial charge in [-0.15, -0.1) is 0 Å². The number of ether oxygens (including phenoxy) is 2. The first kappa shape index (κ1) is 28.2. The van der Waals surface area contributed by atoms with E-state index in [2.05, 4.69) is 31.2 Å². The summed E-state index contributed by atoms with van der Waals surface area (Å²) in [5.41, 5.74) is 3.80. The summed E-state index contributed by atoms with van der Waals surface area (Å²) in [6.45, 7) is 8.21. The molecule has 0 saturated carbocycles. The number of pyridine rings is 1. The van der Waals surface area contributed by atoms with E-state index in [1.807, 2.05) is 101 Å². The lowest BCUT2D eigenvalue weighted by Crippen LogP contribution is -2.30. The number of hydrogen-bond acceptors (Lipinski definition) is 5. The van der Waals surface area contributed by atoms with E-state index >= 15 is 0 Å². The van der Waals surface area contributed by atoms with Crippen molar-refractivity contribution in [1.29, 1.82) is 0 Å². The Morgan fingerprint density at radius 1 is 1.05 bits per heavy atom. The molecule has 41 heavy (non-hydrogen) atoms. The first-order chi connectivity index (χ1) is 19.7. The molecule has 0 radical (unpaired) electrons. The van der Waals surface area contributed by atoms with Crippen molar-refractivity contribution < 1.29 is 14.3 Å². The summed E-state index contributed by atoms with van der Waals surface area (Å²) in [6, 6.07) is 23.3. The molecule has 3 heterocycles. The largest absolute Gasteiger partial charge is 0.494 e. The van der Waals surface area contributed by atoms with Gasteiger partial charge in [-0.25, -0.2) is 0 Å². The fourth-order valence-electron chi connectivity index (χ4n) is 4.92. The molecule has 1 aliphatic rings. The zero-order valence-electron chi connectivity index (χ0n) is 23.9. The van der Waals surface area contributed by atoms with Crippen LogP contribution in [0, 0.1) is 5.41 Å². The Bertz CT molecular complexity index is 1530. The fraction of sp³-hybridized carbons (Fsp3) is 0.281. The molecule has 9 heteroatoms. The predicted octanol–water partition coefficient (Wildman–Crippen LogP) is 6.44. The van der Waals surface area contributed by atoms with Gasteiger partial charge in [0.2, 0.25) is 5.91 Å². The number of amides is 1. The van der Waals surface area contributed by atoms with Crippen molar-refractivity contribution in [3.63, 3.8) is 0 Å². The van der Waals surface area contributed by atoms with Gasteiger partial charge in [0.05, 0.1) is 31.1 Å². The minimum atomic E-state index is -0.544. The third-order valence-electron chi connectivity index (χ3n) is 7.00. The van der Waals surface area contributed by atoms with Crippen molar-refractivity contribution in [3.8, 4) is 17.2 Å². The third kappa shape index (κ3) is 5.76. The number of aromatic nitrogens is 2. The minimum Gasteiger partial charge on any atom is -0.494 e. The lowest BCUT2D eigenvalue weighted by molar-refractivity contribution is -0.123. The van der Waals surface area contributed by atoms with Crippen molar-refractivity contribution in [2.45, 2.75) is 39.8 Å². The summed E-state index contributed by atoms with van der Waals surface area (Å²) < 4.78 is 13.5. The Hall–Kier alpha value is -4.37. The van der Waals surface area contributed by atoms with Gasteiger partial charge in [0.15, 0.2) is 5.11 Å². The Balaban J connectivity index is 1.58. The smallest absolute Gasteiger partial charge is 0.229 e. The lowest BCUT2D eigenvalue weighted by atomic mass is 9.95. The highest BCUT2D eigenvalue weighted by Crippen LogP contribution is 2.44. The Morgan fingerprint density at radius 2 is 1.80 bits per heavy atom. The number of carbonyl (C=O) groups is 1. The number of thiocarbonyl (C=S) groups is 1. The maximum atomic E-state index is 12.7. The van der Waals surface area contributed by atoms with E-state index in [-0.39, 0.29) is 18.0 Å². The molecular formula is C32H35N5O3S. The van der Waals surface area contributed by atoms with Crippen LogP contribution in [-0.4, -0.2) is 34.3 Å². The van der Waals surface area contributed by atoms with Gasteiger partial charge in [-0.3, -0.25) is 9.78 Å². The molecule has 0 spiro atoms. The van der Waals surface area contributed by atoms with Crippen LogP contribution < -0.4 is 25.0 Å². The molecule has 2 N–H and O–H groups in total. The number of nitrogens with one attached hydrogen (secondary N) is 2. The molecule has 0 aliphatic carbocycles. The standard InChI is InChI=1S/C32H35N5O3S/c1-6-40-23-15-12-21(13-16-23)36-19-9-11-26(36)29-28(25-10-7-8-18-33-25)35-31(41)37(29)22-14-17-24(27(20-22)39-5)34-30(38)32(2,3)4/h7-20,28-29H,6H2,1-5H3,(H,34,38)(H,35,41). The summed E-state index contributed by atoms with van der Waals surface area (Å²) >= 11 is 5.94. The molecule has 212 valence electrons. The summed E-state index contributed by atoms with van der Waals surface area (Å²) in [5.74, 6) is 1.28. The second-order valence-electron chi connectivity index (χ2n) is 10.8. The molecule has 1 amide bonds. The van der Waals surface area contributed by atoms with Crippen LogP contribution >= 0.6 is 12.2 Å². The van der Waals surface area contributed by atoms with Gasteiger partial charge >= 0.3 is 0 Å². The number of methoxy groups -OCH3 is 1. The van der Waals surface area contributed by atoms with E-state index < -0.39 is 5.41 Å².